The van der Waals surface area contributed by atoms with Crippen LogP contribution in [0.1, 0.15) is 20.8 Å². The van der Waals surface area contributed by atoms with Crippen LogP contribution in [0.3, 0.4) is 0 Å². The number of carboxylic acids is 1. The van der Waals surface area contributed by atoms with E-state index in [2.05, 4.69) is 16.8 Å². The summed E-state index contributed by atoms with van der Waals surface area (Å²) in [5.74, 6) is -0.858. The van der Waals surface area contributed by atoms with Crippen LogP contribution in [-0.2, 0) is 13.0 Å². The Hall–Kier alpha value is -1.65. The van der Waals surface area contributed by atoms with Crippen molar-refractivity contribution in [3.8, 4) is 0 Å². The summed E-state index contributed by atoms with van der Waals surface area (Å²) in [7, 11) is 0. The molecule has 0 fully saturated rings. The molecular formula is C14H15NO2S. The number of benzene rings is 1. The van der Waals surface area contributed by atoms with Gasteiger partial charge < -0.3 is 10.4 Å². The minimum absolute atomic E-state index is 0.399. The molecular weight excluding hydrogens is 246 g/mol. The summed E-state index contributed by atoms with van der Waals surface area (Å²) < 4.78 is 0. The monoisotopic (exact) mass is 261 g/mol. The van der Waals surface area contributed by atoms with E-state index in [0.29, 0.717) is 5.56 Å². The molecule has 0 aliphatic rings. The SMILES string of the molecule is O=C(O)c1ccccc1CCNCc1cccs1. The number of rotatable bonds is 6. The second-order valence-corrected chi connectivity index (χ2v) is 5.00. The number of nitrogens with one attached hydrogen (secondary N) is 1. The predicted molar refractivity (Wildman–Crippen MR) is 73.1 cm³/mol. The van der Waals surface area contributed by atoms with Crippen LogP contribution >= 0.6 is 11.3 Å². The second-order valence-electron chi connectivity index (χ2n) is 3.97. The van der Waals surface area contributed by atoms with Gasteiger partial charge in [0.2, 0.25) is 0 Å². The van der Waals surface area contributed by atoms with Gasteiger partial charge in [0.15, 0.2) is 0 Å². The average Bonchev–Trinajstić information content (AvgIpc) is 2.88. The standard InChI is InChI=1S/C14H15NO2S/c16-14(17)13-6-2-1-4-11(13)7-8-15-10-12-5-3-9-18-12/h1-6,9,15H,7-8,10H2,(H,16,17). The molecule has 4 heteroatoms. The summed E-state index contributed by atoms with van der Waals surface area (Å²) in [4.78, 5) is 12.3. The minimum Gasteiger partial charge on any atom is -0.478 e. The maximum Gasteiger partial charge on any atom is 0.335 e. The third-order valence-electron chi connectivity index (χ3n) is 2.70. The molecule has 1 aromatic carbocycles. The van der Waals surface area contributed by atoms with E-state index >= 15 is 0 Å². The Morgan fingerprint density at radius 2 is 2.06 bits per heavy atom. The Morgan fingerprint density at radius 1 is 1.22 bits per heavy atom. The highest BCUT2D eigenvalue weighted by atomic mass is 32.1. The van der Waals surface area contributed by atoms with Crippen molar-refractivity contribution in [2.24, 2.45) is 0 Å². The molecule has 2 rings (SSSR count). The first kappa shape index (κ1) is 12.8. The third-order valence-corrected chi connectivity index (χ3v) is 3.57. The Kier molecular flexibility index (Phi) is 4.50. The van der Waals surface area contributed by atoms with Gasteiger partial charge in [-0.1, -0.05) is 24.3 Å². The summed E-state index contributed by atoms with van der Waals surface area (Å²) in [6.07, 6.45) is 0.730. The largest absolute Gasteiger partial charge is 0.478 e. The quantitative estimate of drug-likeness (QED) is 0.786. The van der Waals surface area contributed by atoms with E-state index in [0.717, 1.165) is 25.1 Å². The number of aromatic carboxylic acids is 1. The fourth-order valence-electron chi connectivity index (χ4n) is 1.79. The van der Waals surface area contributed by atoms with Gasteiger partial charge in [-0.05, 0) is 36.0 Å². The Labute approximate surface area is 110 Å². The van der Waals surface area contributed by atoms with Crippen molar-refractivity contribution in [1.29, 1.82) is 0 Å². The van der Waals surface area contributed by atoms with Crippen LogP contribution in [0.15, 0.2) is 41.8 Å². The normalized spacial score (nSPS) is 10.4. The van der Waals surface area contributed by atoms with Crippen LogP contribution in [0.25, 0.3) is 0 Å². The van der Waals surface area contributed by atoms with Crippen molar-refractivity contribution in [2.45, 2.75) is 13.0 Å². The average molecular weight is 261 g/mol. The molecule has 0 atom stereocenters. The summed E-state index contributed by atoms with van der Waals surface area (Å²) in [5.41, 5.74) is 1.28. The molecule has 0 saturated carbocycles. The molecule has 18 heavy (non-hydrogen) atoms. The van der Waals surface area contributed by atoms with E-state index in [1.807, 2.05) is 18.2 Å². The predicted octanol–water partition coefficient (Wildman–Crippen LogP) is 2.78. The number of hydrogen-bond donors (Lipinski definition) is 2. The van der Waals surface area contributed by atoms with E-state index in [1.54, 1.807) is 23.5 Å². The van der Waals surface area contributed by atoms with Gasteiger partial charge in [0.25, 0.3) is 0 Å². The van der Waals surface area contributed by atoms with Gasteiger partial charge in [0.1, 0.15) is 0 Å². The van der Waals surface area contributed by atoms with Crippen molar-refractivity contribution in [2.75, 3.05) is 6.54 Å². The topological polar surface area (TPSA) is 49.3 Å². The fourth-order valence-corrected chi connectivity index (χ4v) is 2.47. The van der Waals surface area contributed by atoms with E-state index in [4.69, 9.17) is 5.11 Å². The smallest absolute Gasteiger partial charge is 0.335 e. The van der Waals surface area contributed by atoms with E-state index in [-0.39, 0.29) is 0 Å². The first-order chi connectivity index (χ1) is 8.77. The van der Waals surface area contributed by atoms with Crippen molar-refractivity contribution in [3.05, 3.63) is 57.8 Å². The van der Waals surface area contributed by atoms with Gasteiger partial charge >= 0.3 is 5.97 Å². The zero-order chi connectivity index (χ0) is 12.8. The van der Waals surface area contributed by atoms with Gasteiger partial charge in [-0.25, -0.2) is 4.79 Å². The minimum atomic E-state index is -0.858. The summed E-state index contributed by atoms with van der Waals surface area (Å²) in [5, 5.41) is 14.4. The maximum atomic E-state index is 11.0. The highest BCUT2D eigenvalue weighted by Crippen LogP contribution is 2.10. The zero-order valence-electron chi connectivity index (χ0n) is 9.93. The highest BCUT2D eigenvalue weighted by Gasteiger charge is 2.07. The molecule has 3 nitrogen and oxygen atoms in total. The zero-order valence-corrected chi connectivity index (χ0v) is 10.7. The van der Waals surface area contributed by atoms with Gasteiger partial charge in [-0.2, -0.15) is 0 Å². The Bertz CT molecular complexity index is 508. The number of carbonyl (C=O) groups is 1. The van der Waals surface area contributed by atoms with Crippen molar-refractivity contribution < 1.29 is 9.90 Å². The van der Waals surface area contributed by atoms with Crippen LogP contribution < -0.4 is 5.32 Å². The summed E-state index contributed by atoms with van der Waals surface area (Å²) in [6.45, 7) is 1.62. The Balaban J connectivity index is 1.85. The lowest BCUT2D eigenvalue weighted by atomic mass is 10.0. The van der Waals surface area contributed by atoms with Crippen LogP contribution in [0.2, 0.25) is 0 Å². The highest BCUT2D eigenvalue weighted by molar-refractivity contribution is 7.09. The van der Waals surface area contributed by atoms with Crippen molar-refractivity contribution in [3.63, 3.8) is 0 Å². The van der Waals surface area contributed by atoms with Gasteiger partial charge in [0.05, 0.1) is 5.56 Å². The van der Waals surface area contributed by atoms with Crippen LogP contribution in [0, 0.1) is 0 Å². The number of hydrogen-bond acceptors (Lipinski definition) is 3. The molecule has 0 amide bonds. The van der Waals surface area contributed by atoms with E-state index in [1.165, 1.54) is 4.88 Å². The van der Waals surface area contributed by atoms with Gasteiger partial charge in [-0.3, -0.25) is 0 Å². The molecule has 0 aliphatic carbocycles. The molecule has 0 bridgehead atoms. The molecule has 0 spiro atoms. The molecule has 2 aromatic rings. The molecule has 94 valence electrons. The van der Waals surface area contributed by atoms with Crippen LogP contribution in [0.5, 0.6) is 0 Å². The molecule has 1 aromatic heterocycles. The fraction of sp³-hybridized carbons (Fsp3) is 0.214. The van der Waals surface area contributed by atoms with E-state index < -0.39 is 5.97 Å². The number of thiophene rings is 1. The van der Waals surface area contributed by atoms with Crippen LogP contribution in [-0.4, -0.2) is 17.6 Å². The lowest BCUT2D eigenvalue weighted by Gasteiger charge is -2.06. The second kappa shape index (κ2) is 6.33. The summed E-state index contributed by atoms with van der Waals surface area (Å²) in [6, 6.07) is 11.3. The van der Waals surface area contributed by atoms with Gasteiger partial charge in [0, 0.05) is 11.4 Å². The molecule has 0 unspecified atom stereocenters. The molecule has 1 heterocycles. The van der Waals surface area contributed by atoms with Crippen LogP contribution in [0.4, 0.5) is 0 Å². The van der Waals surface area contributed by atoms with E-state index in [9.17, 15) is 4.79 Å². The Morgan fingerprint density at radius 3 is 2.78 bits per heavy atom. The third kappa shape index (κ3) is 3.42. The van der Waals surface area contributed by atoms with Gasteiger partial charge in [-0.15, -0.1) is 11.3 Å². The summed E-state index contributed by atoms with van der Waals surface area (Å²) >= 11 is 1.72. The lowest BCUT2D eigenvalue weighted by Crippen LogP contribution is -2.17. The molecule has 0 saturated heterocycles. The maximum absolute atomic E-state index is 11.0. The number of carboxylic acid groups (broad SMARTS) is 1. The lowest BCUT2D eigenvalue weighted by molar-refractivity contribution is 0.0695. The molecule has 2 N–H and O–H groups in total. The molecule has 0 radical (unpaired) electrons. The van der Waals surface area contributed by atoms with Crippen molar-refractivity contribution >= 4 is 17.3 Å². The van der Waals surface area contributed by atoms with Crippen molar-refractivity contribution in [1.82, 2.24) is 5.32 Å². The molecule has 0 aliphatic heterocycles. The first-order valence-electron chi connectivity index (χ1n) is 5.81. The first-order valence-corrected chi connectivity index (χ1v) is 6.69.